The van der Waals surface area contributed by atoms with Crippen molar-refractivity contribution in [2.24, 2.45) is 11.8 Å². The zero-order valence-corrected chi connectivity index (χ0v) is 27.0. The number of carbonyl (C=O) groups excluding carboxylic acids is 2. The second-order valence-corrected chi connectivity index (χ2v) is 13.6. The predicted molar refractivity (Wildman–Crippen MR) is 169 cm³/mol. The van der Waals surface area contributed by atoms with Crippen molar-refractivity contribution in [3.05, 3.63) is 45.2 Å². The van der Waals surface area contributed by atoms with Gasteiger partial charge in [-0.15, -0.1) is 0 Å². The number of ether oxygens (including phenoxy) is 3. The lowest BCUT2D eigenvalue weighted by Crippen LogP contribution is -2.54. The fraction of sp³-hybridized carbons (Fsp3) is 0.636. The van der Waals surface area contributed by atoms with Crippen molar-refractivity contribution < 1.29 is 23.8 Å². The lowest BCUT2D eigenvalue weighted by molar-refractivity contribution is -0.152. The van der Waals surface area contributed by atoms with Crippen LogP contribution < -0.4 is 15.6 Å². The van der Waals surface area contributed by atoms with Crippen molar-refractivity contribution in [3.63, 3.8) is 0 Å². The summed E-state index contributed by atoms with van der Waals surface area (Å²) in [6.45, 7) is 0.807. The van der Waals surface area contributed by atoms with Crippen molar-refractivity contribution in [1.29, 1.82) is 0 Å². The van der Waals surface area contributed by atoms with Gasteiger partial charge in [-0.25, -0.2) is 4.79 Å². The Morgan fingerprint density at radius 3 is 2.68 bits per heavy atom. The van der Waals surface area contributed by atoms with E-state index in [0.29, 0.717) is 30.1 Å². The van der Waals surface area contributed by atoms with Crippen molar-refractivity contribution in [1.82, 2.24) is 19.8 Å². The van der Waals surface area contributed by atoms with Crippen LogP contribution in [0.3, 0.4) is 0 Å². The molecule has 0 radical (unpaired) electrons. The van der Waals surface area contributed by atoms with E-state index in [1.807, 2.05) is 12.1 Å². The summed E-state index contributed by atoms with van der Waals surface area (Å²) < 4.78 is 20.3. The molecule has 1 aromatic heterocycles. The Bertz CT molecular complexity index is 1440. The molecule has 1 N–H and O–H groups in total. The molecule has 6 rings (SSSR count). The number of hydrogen-bond donors (Lipinski definition) is 1. The first-order chi connectivity index (χ1) is 21.4. The molecule has 0 unspecified atom stereocenters. The highest BCUT2D eigenvalue weighted by Gasteiger charge is 2.45. The van der Waals surface area contributed by atoms with Gasteiger partial charge in [-0.3, -0.25) is 19.5 Å². The summed E-state index contributed by atoms with van der Waals surface area (Å²) in [6.07, 6.45) is 14.4. The van der Waals surface area contributed by atoms with Gasteiger partial charge in [-0.1, -0.05) is 53.8 Å². The highest BCUT2D eigenvalue weighted by molar-refractivity contribution is 9.10. The molecule has 0 spiro atoms. The van der Waals surface area contributed by atoms with Gasteiger partial charge in [0, 0.05) is 17.4 Å². The molecule has 2 aromatic rings. The molecule has 3 fully saturated rings. The number of esters is 1. The van der Waals surface area contributed by atoms with Crippen LogP contribution >= 0.6 is 15.9 Å². The van der Waals surface area contributed by atoms with Crippen LogP contribution in [0.2, 0.25) is 0 Å². The Balaban J connectivity index is 1.36. The molecule has 2 saturated carbocycles. The van der Waals surface area contributed by atoms with Gasteiger partial charge in [-0.2, -0.15) is 4.98 Å². The highest BCUT2D eigenvalue weighted by Crippen LogP contribution is 2.33. The third kappa shape index (κ3) is 6.74. The number of nitrogens with one attached hydrogen (secondary N) is 1. The number of carbonyl (C=O) groups is 2. The first kappa shape index (κ1) is 31.2. The van der Waals surface area contributed by atoms with E-state index in [0.717, 1.165) is 62.3 Å². The summed E-state index contributed by atoms with van der Waals surface area (Å²) in [5, 5.41) is 3.98. The van der Waals surface area contributed by atoms with Crippen LogP contribution in [-0.4, -0.2) is 71.0 Å². The molecular weight excluding hydrogens is 628 g/mol. The van der Waals surface area contributed by atoms with Gasteiger partial charge in [0.05, 0.1) is 43.4 Å². The number of nitrogens with zero attached hydrogens (tertiary/aromatic N) is 3. The number of hydrogen-bond acceptors (Lipinski definition) is 8. The van der Waals surface area contributed by atoms with Gasteiger partial charge < -0.3 is 19.1 Å². The van der Waals surface area contributed by atoms with Crippen molar-refractivity contribution >= 4 is 38.7 Å². The quantitative estimate of drug-likeness (QED) is 0.361. The SMILES string of the molecule is COC(=O)[C@@H]1C[C@@H]2CN1C(=O)[C@H](C1CCCCC1)NCO[C@@H]1CCC[C@H]1CC/C=C/Cn1c(nc3cc(Br)ccc3c1=O)O2. The lowest BCUT2D eigenvalue weighted by Gasteiger charge is -2.34. The molecule has 1 saturated heterocycles. The summed E-state index contributed by atoms with van der Waals surface area (Å²) in [5.41, 5.74) is 0.323. The van der Waals surface area contributed by atoms with Crippen molar-refractivity contribution in [2.45, 2.75) is 101 Å². The Morgan fingerprint density at radius 2 is 1.86 bits per heavy atom. The number of aromatic nitrogens is 2. The van der Waals surface area contributed by atoms with Crippen LogP contribution in [-0.2, 0) is 25.6 Å². The average Bonchev–Trinajstić information content (AvgIpc) is 3.66. The number of fused-ring (bicyclic) bond motifs is 5. The monoisotopic (exact) mass is 670 g/mol. The first-order valence-electron chi connectivity index (χ1n) is 16.2. The number of rotatable bonds is 2. The van der Waals surface area contributed by atoms with Crippen molar-refractivity contribution in [2.75, 3.05) is 20.4 Å². The summed E-state index contributed by atoms with van der Waals surface area (Å²) in [5.74, 6) is 0.0222. The summed E-state index contributed by atoms with van der Waals surface area (Å²) in [6, 6.07) is 4.32. The zero-order valence-electron chi connectivity index (χ0n) is 25.4. The maximum Gasteiger partial charge on any atom is 0.328 e. The van der Waals surface area contributed by atoms with Crippen LogP contribution in [0.5, 0.6) is 6.01 Å². The molecule has 5 atom stereocenters. The Labute approximate surface area is 266 Å². The third-order valence-corrected chi connectivity index (χ3v) is 10.4. The molecule has 1 aromatic carbocycles. The fourth-order valence-electron chi connectivity index (χ4n) is 7.57. The van der Waals surface area contributed by atoms with E-state index in [9.17, 15) is 14.4 Å². The highest BCUT2D eigenvalue weighted by atomic mass is 79.9. The molecule has 238 valence electrons. The van der Waals surface area contributed by atoms with E-state index in [1.165, 1.54) is 13.5 Å². The van der Waals surface area contributed by atoms with Gasteiger partial charge in [0.1, 0.15) is 12.1 Å². The van der Waals surface area contributed by atoms with Crippen LogP contribution in [0.25, 0.3) is 10.9 Å². The molecule has 2 bridgehead atoms. The summed E-state index contributed by atoms with van der Waals surface area (Å²) in [4.78, 5) is 47.4. The molecule has 2 aliphatic heterocycles. The van der Waals surface area contributed by atoms with Crippen LogP contribution in [0.4, 0.5) is 0 Å². The molecular formula is C33H43BrN4O6. The Morgan fingerprint density at radius 1 is 1.05 bits per heavy atom. The van der Waals surface area contributed by atoms with Gasteiger partial charge in [0.15, 0.2) is 0 Å². The first-order valence-corrected chi connectivity index (χ1v) is 17.0. The molecule has 4 aliphatic rings. The average molecular weight is 672 g/mol. The number of methoxy groups -OCH3 is 1. The minimum absolute atomic E-state index is 0.123. The number of allylic oxidation sites excluding steroid dienone is 2. The van der Waals surface area contributed by atoms with E-state index in [4.69, 9.17) is 19.2 Å². The number of benzene rings is 1. The fourth-order valence-corrected chi connectivity index (χ4v) is 7.92. The van der Waals surface area contributed by atoms with Crippen molar-refractivity contribution in [3.8, 4) is 6.01 Å². The predicted octanol–water partition coefficient (Wildman–Crippen LogP) is 4.71. The maximum atomic E-state index is 14.3. The topological polar surface area (TPSA) is 112 Å². The minimum atomic E-state index is -0.790. The maximum absolute atomic E-state index is 14.3. The largest absolute Gasteiger partial charge is 0.467 e. The second kappa shape index (κ2) is 14.1. The number of amides is 1. The smallest absolute Gasteiger partial charge is 0.328 e. The lowest BCUT2D eigenvalue weighted by atomic mass is 9.83. The minimum Gasteiger partial charge on any atom is -0.467 e. The normalized spacial score (nSPS) is 29.7. The van der Waals surface area contributed by atoms with Crippen LogP contribution in [0.15, 0.2) is 39.6 Å². The van der Waals surface area contributed by atoms with E-state index in [2.05, 4.69) is 27.3 Å². The zero-order chi connectivity index (χ0) is 30.6. The van der Waals surface area contributed by atoms with Crippen LogP contribution in [0, 0.1) is 11.8 Å². The second-order valence-electron chi connectivity index (χ2n) is 12.6. The van der Waals surface area contributed by atoms with E-state index in [-0.39, 0.29) is 42.5 Å². The molecule has 3 heterocycles. The molecule has 11 heteroatoms. The van der Waals surface area contributed by atoms with Gasteiger partial charge in [-0.05, 0) is 68.6 Å². The summed E-state index contributed by atoms with van der Waals surface area (Å²) in [7, 11) is 1.34. The molecule has 10 nitrogen and oxygen atoms in total. The van der Waals surface area contributed by atoms with E-state index in [1.54, 1.807) is 21.6 Å². The molecule has 1 amide bonds. The summed E-state index contributed by atoms with van der Waals surface area (Å²) >= 11 is 3.48. The van der Waals surface area contributed by atoms with Gasteiger partial charge >= 0.3 is 5.97 Å². The molecule has 44 heavy (non-hydrogen) atoms. The van der Waals surface area contributed by atoms with Gasteiger partial charge in [0.25, 0.3) is 11.6 Å². The van der Waals surface area contributed by atoms with Crippen LogP contribution in [0.1, 0.15) is 70.6 Å². The molecule has 2 aliphatic carbocycles. The van der Waals surface area contributed by atoms with E-state index >= 15 is 0 Å². The third-order valence-electron chi connectivity index (χ3n) is 9.91. The van der Waals surface area contributed by atoms with Gasteiger partial charge in [0.2, 0.25) is 5.91 Å². The Hall–Kier alpha value is -2.76. The van der Waals surface area contributed by atoms with E-state index < -0.39 is 24.2 Å². The number of halogens is 1. The Kier molecular flexibility index (Phi) is 10.0. The standard InChI is InChI=1S/C33H43BrN4O6/c1-42-32(41)27-18-24-19-38(27)31(40)29(22-10-4-2-5-11-22)35-20-43-28-13-8-12-21(28)9-6-3-7-16-37-30(39)25-15-14-23(34)17-26(25)36-33(37)44-24/h3,7,14-15,17,21-22,24,27-29,35H,2,4-6,8-13,16,18-20H2,1H3/b7-3+/t21-,24-,27+,28-,29+/m1/s1.